The first-order valence-corrected chi connectivity index (χ1v) is 19.4. The minimum absolute atomic E-state index is 0.255. The van der Waals surface area contributed by atoms with Crippen LogP contribution in [0.25, 0.3) is 10.9 Å². The number of fused-ring (bicyclic) bond motifs is 1. The number of aromatic nitrogens is 2. The van der Waals surface area contributed by atoms with E-state index in [4.69, 9.17) is 19.3 Å². The minimum atomic E-state index is -1.17. The largest absolute Gasteiger partial charge is 0.444 e. The average molecular weight is 627 g/mol. The number of halogens is 1. The molecule has 242 valence electrons. The van der Waals surface area contributed by atoms with Crippen LogP contribution >= 0.6 is 0 Å². The molecule has 0 bridgehead atoms. The summed E-state index contributed by atoms with van der Waals surface area (Å²) in [7, 11) is 2.89. The van der Waals surface area contributed by atoms with Gasteiger partial charge in [0.15, 0.2) is 0 Å². The second-order valence-corrected chi connectivity index (χ2v) is 20.2. The Hall–Kier alpha value is -2.95. The van der Waals surface area contributed by atoms with E-state index in [-0.39, 0.29) is 23.4 Å². The number of hydrogen-bond donors (Lipinski definition) is 0. The normalized spacial score (nSPS) is 16.3. The van der Waals surface area contributed by atoms with Crippen LogP contribution in [0.15, 0.2) is 42.6 Å². The first-order valence-electron chi connectivity index (χ1n) is 15.7. The molecule has 0 radical (unpaired) electrons. The lowest BCUT2D eigenvalue weighted by molar-refractivity contribution is -0.00934. The number of rotatable bonds is 11. The maximum Gasteiger partial charge on any atom is 0.410 e. The van der Waals surface area contributed by atoms with Crippen LogP contribution < -0.4 is 4.90 Å². The topological polar surface area (TPSA) is 69.1 Å². The van der Waals surface area contributed by atoms with Crippen molar-refractivity contribution in [3.05, 3.63) is 59.5 Å². The third-order valence-electron chi connectivity index (χ3n) is 8.28. The number of benzene rings is 2. The minimum Gasteiger partial charge on any atom is -0.444 e. The van der Waals surface area contributed by atoms with E-state index in [1.807, 2.05) is 57.9 Å². The molecule has 1 amide bonds. The van der Waals surface area contributed by atoms with Crippen molar-refractivity contribution < 1.29 is 23.4 Å². The van der Waals surface area contributed by atoms with E-state index in [0.29, 0.717) is 39.3 Å². The Kier molecular flexibility index (Phi) is 10.5. The molecule has 2 aromatic carbocycles. The third kappa shape index (κ3) is 8.82. The Morgan fingerprint density at radius 2 is 1.77 bits per heavy atom. The summed E-state index contributed by atoms with van der Waals surface area (Å²) in [4.78, 5) is 16.6. The van der Waals surface area contributed by atoms with Crippen molar-refractivity contribution >= 4 is 30.8 Å². The Balaban J connectivity index is 1.55. The maximum atomic E-state index is 13.9. The van der Waals surface area contributed by atoms with Gasteiger partial charge in [-0.3, -0.25) is 0 Å². The third-order valence-corrected chi connectivity index (χ3v) is 9.99. The fraction of sp³-hybridized carbons (Fsp3) is 0.588. The van der Waals surface area contributed by atoms with Gasteiger partial charge in [0.25, 0.3) is 0 Å². The second kappa shape index (κ2) is 13.6. The first-order chi connectivity index (χ1) is 20.6. The number of amides is 1. The van der Waals surface area contributed by atoms with Crippen LogP contribution in [-0.2, 0) is 26.4 Å². The predicted octanol–water partition coefficient (Wildman–Crippen LogP) is 7.60. The highest BCUT2D eigenvalue weighted by Gasteiger charge is 2.39. The molecule has 3 aromatic rings. The van der Waals surface area contributed by atoms with Crippen molar-refractivity contribution in [3.63, 3.8) is 0 Å². The van der Waals surface area contributed by atoms with Crippen molar-refractivity contribution in [1.82, 2.24) is 14.7 Å². The van der Waals surface area contributed by atoms with E-state index in [9.17, 15) is 9.18 Å². The number of carbonyl (C=O) groups is 1. The highest BCUT2D eigenvalue weighted by molar-refractivity contribution is 6.76. The number of ether oxygens (including phenoxy) is 3. The Labute approximate surface area is 263 Å². The summed E-state index contributed by atoms with van der Waals surface area (Å²) >= 11 is 0. The molecule has 0 aliphatic carbocycles. The van der Waals surface area contributed by atoms with Crippen molar-refractivity contribution in [1.29, 1.82) is 0 Å². The number of hydrogen-bond acceptors (Lipinski definition) is 6. The number of nitrogens with zero attached hydrogens (tertiary/aromatic N) is 4. The van der Waals surface area contributed by atoms with Crippen LogP contribution in [0.4, 0.5) is 14.9 Å². The second-order valence-electron chi connectivity index (χ2n) is 14.6. The number of piperidine rings is 1. The molecule has 1 aliphatic heterocycles. The summed E-state index contributed by atoms with van der Waals surface area (Å²) in [5.41, 5.74) is 3.06. The van der Waals surface area contributed by atoms with E-state index in [0.717, 1.165) is 40.4 Å². The fourth-order valence-electron chi connectivity index (χ4n) is 5.50. The van der Waals surface area contributed by atoms with Crippen LogP contribution in [0.1, 0.15) is 57.8 Å². The quantitative estimate of drug-likeness (QED) is 0.161. The lowest BCUT2D eigenvalue weighted by Gasteiger charge is -2.42. The molecule has 4 rings (SSSR count). The summed E-state index contributed by atoms with van der Waals surface area (Å²) in [5, 5.41) is 5.95. The van der Waals surface area contributed by atoms with E-state index in [1.165, 1.54) is 12.1 Å². The zero-order valence-electron chi connectivity index (χ0n) is 28.1. The number of anilines is 1. The first kappa shape index (κ1) is 33.9. The van der Waals surface area contributed by atoms with Gasteiger partial charge in [0.1, 0.15) is 18.1 Å². The van der Waals surface area contributed by atoms with Gasteiger partial charge in [0.05, 0.1) is 18.2 Å². The number of carbonyl (C=O) groups excluding carboxylic acids is 1. The molecule has 0 saturated carbocycles. The van der Waals surface area contributed by atoms with Crippen LogP contribution in [0.2, 0.25) is 25.7 Å². The molecule has 44 heavy (non-hydrogen) atoms. The smallest absolute Gasteiger partial charge is 0.410 e. The molecular weight excluding hydrogens is 575 g/mol. The fourth-order valence-corrected chi connectivity index (χ4v) is 6.26. The average Bonchev–Trinajstić information content (AvgIpc) is 3.35. The van der Waals surface area contributed by atoms with Gasteiger partial charge >= 0.3 is 6.09 Å². The Morgan fingerprint density at radius 1 is 1.11 bits per heavy atom. The monoisotopic (exact) mass is 626 g/mol. The molecule has 1 saturated heterocycles. The standard InChI is InChI=1S/C34H51FN4O4Si/c1-25(30-21-29(37(5)6)20-26-22-39(36-31(26)30)24-41-18-19-44(7,8)9)42-23-34(27-10-12-28(35)13-11-27)14-16-38(17-15-34)32(40)43-33(2,3)4/h10-13,20-22,25H,14-19,23-24H2,1-9H3. The highest BCUT2D eigenvalue weighted by atomic mass is 28.3. The molecule has 0 N–H and O–H groups in total. The van der Waals surface area contributed by atoms with E-state index in [1.54, 1.807) is 4.90 Å². The van der Waals surface area contributed by atoms with Gasteiger partial charge in [-0.05, 0) is 76.4 Å². The van der Waals surface area contributed by atoms with Gasteiger partial charge in [-0.15, -0.1) is 0 Å². The summed E-state index contributed by atoms with van der Waals surface area (Å²) in [6, 6.07) is 12.1. The van der Waals surface area contributed by atoms with Crippen LogP contribution in [0.3, 0.4) is 0 Å². The van der Waals surface area contributed by atoms with Crippen LogP contribution in [0.5, 0.6) is 0 Å². The van der Waals surface area contributed by atoms with Gasteiger partial charge in [-0.2, -0.15) is 5.10 Å². The molecule has 1 aliphatic rings. The molecule has 2 heterocycles. The molecule has 0 spiro atoms. The highest BCUT2D eigenvalue weighted by Crippen LogP contribution is 2.39. The van der Waals surface area contributed by atoms with E-state index >= 15 is 0 Å². The van der Waals surface area contributed by atoms with Gasteiger partial charge in [0.2, 0.25) is 0 Å². The zero-order chi connectivity index (χ0) is 32.3. The maximum absolute atomic E-state index is 13.9. The molecule has 1 atom stereocenters. The van der Waals surface area contributed by atoms with Crippen LogP contribution in [0, 0.1) is 5.82 Å². The SMILES string of the molecule is CC(OCC1(c2ccc(F)cc2)CCN(C(=O)OC(C)(C)C)CC1)c1cc(N(C)C)cc2cn(COCC[Si](C)(C)C)nc12. The molecule has 1 aromatic heterocycles. The molecule has 10 heteroatoms. The lowest BCUT2D eigenvalue weighted by Crippen LogP contribution is -2.48. The summed E-state index contributed by atoms with van der Waals surface area (Å²) < 4.78 is 34.1. The predicted molar refractivity (Wildman–Crippen MR) is 178 cm³/mol. The van der Waals surface area contributed by atoms with Crippen molar-refractivity contribution in [2.45, 2.75) is 90.1 Å². The summed E-state index contributed by atoms with van der Waals surface area (Å²) in [6.45, 7) is 17.4. The Bertz CT molecular complexity index is 1400. The lowest BCUT2D eigenvalue weighted by atomic mass is 9.73. The van der Waals surface area contributed by atoms with E-state index in [2.05, 4.69) is 43.6 Å². The van der Waals surface area contributed by atoms with Gasteiger partial charge < -0.3 is 24.0 Å². The molecule has 1 fully saturated rings. The summed E-state index contributed by atoms with van der Waals surface area (Å²) in [5.74, 6) is -0.271. The Morgan fingerprint density at radius 3 is 2.36 bits per heavy atom. The van der Waals surface area contributed by atoms with Crippen LogP contribution in [-0.4, -0.2) is 74.8 Å². The molecular formula is C34H51FN4O4Si. The molecule has 1 unspecified atom stereocenters. The van der Waals surface area contributed by atoms with Gasteiger partial charge in [0, 0.05) is 70.1 Å². The van der Waals surface area contributed by atoms with Gasteiger partial charge in [-0.1, -0.05) is 31.8 Å². The van der Waals surface area contributed by atoms with Crippen molar-refractivity contribution in [3.8, 4) is 0 Å². The molecule has 8 nitrogen and oxygen atoms in total. The van der Waals surface area contributed by atoms with Crippen molar-refractivity contribution in [2.75, 3.05) is 45.3 Å². The number of likely N-dealkylation sites (tertiary alicyclic amines) is 1. The van der Waals surface area contributed by atoms with Crippen molar-refractivity contribution in [2.24, 2.45) is 0 Å². The summed E-state index contributed by atoms with van der Waals surface area (Å²) in [6.07, 6.45) is 2.85. The van der Waals surface area contributed by atoms with E-state index < -0.39 is 13.7 Å². The van der Waals surface area contributed by atoms with Gasteiger partial charge in [-0.25, -0.2) is 13.9 Å². The zero-order valence-corrected chi connectivity index (χ0v) is 29.1.